The molecule has 0 bridgehead atoms. The van der Waals surface area contributed by atoms with E-state index in [1.165, 1.54) is 12.1 Å². The van der Waals surface area contributed by atoms with E-state index in [2.05, 4.69) is 29.0 Å². The molecule has 3 unspecified atom stereocenters. The molecule has 2 fully saturated rings. The summed E-state index contributed by atoms with van der Waals surface area (Å²) < 4.78 is 24.8. The first-order valence-corrected chi connectivity index (χ1v) is 10.9. The van der Waals surface area contributed by atoms with Crippen LogP contribution in [0.25, 0.3) is 0 Å². The van der Waals surface area contributed by atoms with Crippen molar-refractivity contribution in [3.63, 3.8) is 0 Å². The second-order valence-electron chi connectivity index (χ2n) is 8.40. The van der Waals surface area contributed by atoms with E-state index in [0.717, 1.165) is 30.0 Å². The first kappa shape index (κ1) is 21.7. The number of nitrogens with one attached hydrogen (secondary N) is 1. The predicted octanol–water partition coefficient (Wildman–Crippen LogP) is 3.45. The Morgan fingerprint density at radius 1 is 1.03 bits per heavy atom. The van der Waals surface area contributed by atoms with Gasteiger partial charge in [0.05, 0.1) is 31.5 Å². The van der Waals surface area contributed by atoms with Gasteiger partial charge in [-0.3, -0.25) is 9.69 Å². The van der Waals surface area contributed by atoms with Crippen molar-refractivity contribution < 1.29 is 18.7 Å². The summed E-state index contributed by atoms with van der Waals surface area (Å²) >= 11 is 0. The molecular formula is C24H30FN3O3. The van der Waals surface area contributed by atoms with Gasteiger partial charge in [-0.2, -0.15) is 0 Å². The van der Waals surface area contributed by atoms with Gasteiger partial charge in [0.15, 0.2) is 0 Å². The van der Waals surface area contributed by atoms with Crippen molar-refractivity contribution in [3.8, 4) is 0 Å². The van der Waals surface area contributed by atoms with Gasteiger partial charge in [-0.25, -0.2) is 4.39 Å². The van der Waals surface area contributed by atoms with E-state index >= 15 is 0 Å². The second kappa shape index (κ2) is 9.77. The maximum atomic E-state index is 13.2. The maximum absolute atomic E-state index is 13.2. The van der Waals surface area contributed by atoms with Crippen molar-refractivity contribution in [2.24, 2.45) is 0 Å². The topological polar surface area (TPSA) is 54.0 Å². The van der Waals surface area contributed by atoms with Gasteiger partial charge in [-0.1, -0.05) is 12.1 Å². The third kappa shape index (κ3) is 5.81. The summed E-state index contributed by atoms with van der Waals surface area (Å²) in [6, 6.07) is 14.3. The van der Waals surface area contributed by atoms with Crippen LogP contribution in [0.5, 0.6) is 0 Å². The van der Waals surface area contributed by atoms with E-state index in [-0.39, 0.29) is 30.0 Å². The van der Waals surface area contributed by atoms with Crippen LogP contribution in [0.2, 0.25) is 0 Å². The number of benzene rings is 2. The van der Waals surface area contributed by atoms with Gasteiger partial charge in [0.25, 0.3) is 0 Å². The van der Waals surface area contributed by atoms with Crippen LogP contribution in [0.3, 0.4) is 0 Å². The molecule has 2 aliphatic rings. The molecule has 0 aromatic heterocycles. The van der Waals surface area contributed by atoms with Gasteiger partial charge in [0.1, 0.15) is 5.82 Å². The van der Waals surface area contributed by atoms with E-state index < -0.39 is 0 Å². The molecule has 6 nitrogen and oxygen atoms in total. The van der Waals surface area contributed by atoms with E-state index in [9.17, 15) is 9.18 Å². The number of carbonyl (C=O) groups excluding carboxylic acids is 1. The van der Waals surface area contributed by atoms with Crippen LogP contribution >= 0.6 is 0 Å². The van der Waals surface area contributed by atoms with E-state index in [1.807, 2.05) is 24.3 Å². The number of ether oxygens (including phenoxy) is 2. The van der Waals surface area contributed by atoms with Gasteiger partial charge in [0, 0.05) is 37.6 Å². The van der Waals surface area contributed by atoms with Crippen molar-refractivity contribution >= 4 is 17.3 Å². The quantitative estimate of drug-likeness (QED) is 0.792. The first-order valence-electron chi connectivity index (χ1n) is 10.9. The zero-order valence-electron chi connectivity index (χ0n) is 18.1. The number of rotatable bonds is 5. The SMILES string of the molecule is CC1CN(c2ccc(NC(=O)CN3CCOC(c4ccc(F)cc4)C3)cc2)CC(C)O1. The molecule has 2 aromatic rings. The smallest absolute Gasteiger partial charge is 0.238 e. The third-order valence-corrected chi connectivity index (χ3v) is 5.70. The number of morpholine rings is 2. The van der Waals surface area contributed by atoms with Crippen LogP contribution in [0.4, 0.5) is 15.8 Å². The summed E-state index contributed by atoms with van der Waals surface area (Å²) in [5, 5.41) is 2.98. The first-order chi connectivity index (χ1) is 15.0. The average Bonchev–Trinajstić information content (AvgIpc) is 2.74. The lowest BCUT2D eigenvalue weighted by Crippen LogP contribution is -2.45. The van der Waals surface area contributed by atoms with Crippen LogP contribution in [-0.4, -0.2) is 62.3 Å². The molecule has 1 N–H and O–H groups in total. The molecule has 2 saturated heterocycles. The summed E-state index contributed by atoms with van der Waals surface area (Å²) in [5.74, 6) is -0.319. The summed E-state index contributed by atoms with van der Waals surface area (Å²) in [6.45, 7) is 8.03. The Morgan fingerprint density at radius 2 is 1.71 bits per heavy atom. The molecule has 1 amide bonds. The third-order valence-electron chi connectivity index (χ3n) is 5.70. The number of halogens is 1. The van der Waals surface area contributed by atoms with Crippen molar-refractivity contribution in [2.75, 3.05) is 49.5 Å². The lowest BCUT2D eigenvalue weighted by atomic mass is 10.1. The fourth-order valence-corrected chi connectivity index (χ4v) is 4.27. The van der Waals surface area contributed by atoms with Crippen LogP contribution in [0.15, 0.2) is 48.5 Å². The Morgan fingerprint density at radius 3 is 2.39 bits per heavy atom. The number of nitrogens with zero attached hydrogens (tertiary/aromatic N) is 2. The number of carbonyl (C=O) groups is 1. The molecular weight excluding hydrogens is 397 g/mol. The Kier molecular flexibility index (Phi) is 6.85. The fraction of sp³-hybridized carbons (Fsp3) is 0.458. The summed E-state index contributed by atoms with van der Waals surface area (Å²) in [5.41, 5.74) is 2.84. The number of amides is 1. The number of hydrogen-bond donors (Lipinski definition) is 1. The van der Waals surface area contributed by atoms with Gasteiger partial charge in [0.2, 0.25) is 5.91 Å². The molecule has 0 radical (unpaired) electrons. The lowest BCUT2D eigenvalue weighted by molar-refractivity contribution is -0.119. The maximum Gasteiger partial charge on any atom is 0.238 e. The van der Waals surface area contributed by atoms with Crippen molar-refractivity contribution in [3.05, 3.63) is 59.9 Å². The van der Waals surface area contributed by atoms with Gasteiger partial charge < -0.3 is 19.7 Å². The molecule has 2 aliphatic heterocycles. The monoisotopic (exact) mass is 427 g/mol. The van der Waals surface area contributed by atoms with Gasteiger partial charge in [-0.05, 0) is 55.8 Å². The largest absolute Gasteiger partial charge is 0.372 e. The highest BCUT2D eigenvalue weighted by Gasteiger charge is 2.24. The summed E-state index contributed by atoms with van der Waals surface area (Å²) in [7, 11) is 0. The highest BCUT2D eigenvalue weighted by Crippen LogP contribution is 2.24. The van der Waals surface area contributed by atoms with Crippen LogP contribution in [0.1, 0.15) is 25.5 Å². The highest BCUT2D eigenvalue weighted by molar-refractivity contribution is 5.92. The Bertz CT molecular complexity index is 865. The predicted molar refractivity (Wildman–Crippen MR) is 119 cm³/mol. The van der Waals surface area contributed by atoms with E-state index in [4.69, 9.17) is 9.47 Å². The minimum atomic E-state index is -0.264. The van der Waals surface area contributed by atoms with Crippen molar-refractivity contribution in [1.82, 2.24) is 4.90 Å². The van der Waals surface area contributed by atoms with Gasteiger partial charge >= 0.3 is 0 Å². The minimum Gasteiger partial charge on any atom is -0.372 e. The standard InChI is InChI=1S/C24H30FN3O3/c1-17-13-28(14-18(2)31-17)22-9-7-21(8-10-22)26-24(29)16-27-11-12-30-23(15-27)19-3-5-20(25)6-4-19/h3-10,17-18,23H,11-16H2,1-2H3,(H,26,29). The molecule has 31 heavy (non-hydrogen) atoms. The minimum absolute atomic E-state index is 0.0545. The Labute approximate surface area is 182 Å². The summed E-state index contributed by atoms with van der Waals surface area (Å²) in [6.07, 6.45) is 0.255. The number of hydrogen-bond acceptors (Lipinski definition) is 5. The molecule has 2 aromatic carbocycles. The molecule has 3 atom stereocenters. The fourth-order valence-electron chi connectivity index (χ4n) is 4.27. The average molecular weight is 428 g/mol. The zero-order chi connectivity index (χ0) is 21.8. The normalized spacial score (nSPS) is 24.7. The lowest BCUT2D eigenvalue weighted by Gasteiger charge is -2.36. The Balaban J connectivity index is 1.29. The number of anilines is 2. The van der Waals surface area contributed by atoms with Crippen molar-refractivity contribution in [1.29, 1.82) is 0 Å². The molecule has 4 rings (SSSR count). The molecule has 166 valence electrons. The highest BCUT2D eigenvalue weighted by atomic mass is 19.1. The van der Waals surface area contributed by atoms with Crippen LogP contribution in [-0.2, 0) is 14.3 Å². The van der Waals surface area contributed by atoms with Gasteiger partial charge in [-0.15, -0.1) is 0 Å². The van der Waals surface area contributed by atoms with Crippen LogP contribution in [0, 0.1) is 5.82 Å². The van der Waals surface area contributed by atoms with Crippen molar-refractivity contribution in [2.45, 2.75) is 32.2 Å². The molecule has 7 heteroatoms. The van der Waals surface area contributed by atoms with Crippen LogP contribution < -0.4 is 10.2 Å². The van der Waals surface area contributed by atoms with E-state index in [0.29, 0.717) is 26.2 Å². The zero-order valence-corrected chi connectivity index (χ0v) is 18.1. The Hall–Kier alpha value is -2.48. The molecule has 0 saturated carbocycles. The molecule has 0 spiro atoms. The molecule has 0 aliphatic carbocycles. The van der Waals surface area contributed by atoms with E-state index in [1.54, 1.807) is 12.1 Å². The second-order valence-corrected chi connectivity index (χ2v) is 8.40. The molecule has 2 heterocycles. The summed E-state index contributed by atoms with van der Waals surface area (Å²) in [4.78, 5) is 17.0.